The number of carboxylic acid groups (broad SMARTS) is 1. The van der Waals surface area contributed by atoms with Crippen LogP contribution in [0.3, 0.4) is 0 Å². The van der Waals surface area contributed by atoms with Crippen LogP contribution in [0.2, 0.25) is 0 Å². The Balaban J connectivity index is 2.47. The minimum Gasteiger partial charge on any atom is -0.478 e. The SMILES string of the molecule is C=C(C(=O)O)C1C(OC(=O)/C(=C/CO)CO)CC(C)(O)C2CC(OC(C)=O)C(C)=CC12. The van der Waals surface area contributed by atoms with E-state index in [-0.39, 0.29) is 24.0 Å². The van der Waals surface area contributed by atoms with Crippen LogP contribution in [-0.4, -0.2) is 69.4 Å². The van der Waals surface area contributed by atoms with Gasteiger partial charge in [0.05, 0.1) is 24.4 Å². The van der Waals surface area contributed by atoms with Crippen LogP contribution in [0, 0.1) is 17.8 Å². The second-order valence-corrected chi connectivity index (χ2v) is 8.36. The smallest absolute Gasteiger partial charge is 0.336 e. The van der Waals surface area contributed by atoms with Crippen LogP contribution in [0.1, 0.15) is 33.6 Å². The maximum atomic E-state index is 12.5. The largest absolute Gasteiger partial charge is 0.478 e. The summed E-state index contributed by atoms with van der Waals surface area (Å²) in [6, 6.07) is 0. The van der Waals surface area contributed by atoms with Gasteiger partial charge in [-0.25, -0.2) is 9.59 Å². The molecule has 0 aromatic rings. The van der Waals surface area contributed by atoms with Crippen molar-refractivity contribution in [2.24, 2.45) is 17.8 Å². The molecule has 9 nitrogen and oxygen atoms in total. The van der Waals surface area contributed by atoms with E-state index in [0.717, 1.165) is 6.08 Å². The molecule has 0 aliphatic heterocycles. The Bertz CT molecular complexity index is 808. The van der Waals surface area contributed by atoms with Crippen LogP contribution in [0.15, 0.2) is 35.5 Å². The molecule has 6 unspecified atom stereocenters. The van der Waals surface area contributed by atoms with E-state index in [1.807, 2.05) is 0 Å². The second-order valence-electron chi connectivity index (χ2n) is 8.36. The number of aliphatic hydroxyl groups excluding tert-OH is 2. The Hall–Kier alpha value is -2.49. The number of aliphatic carboxylic acids is 1. The van der Waals surface area contributed by atoms with E-state index in [0.29, 0.717) is 5.57 Å². The molecule has 0 amide bonds. The van der Waals surface area contributed by atoms with Gasteiger partial charge in [0.2, 0.25) is 0 Å². The van der Waals surface area contributed by atoms with Gasteiger partial charge in [0.25, 0.3) is 0 Å². The molecule has 2 aliphatic carbocycles. The van der Waals surface area contributed by atoms with Gasteiger partial charge in [-0.3, -0.25) is 4.79 Å². The predicted molar refractivity (Wildman–Crippen MR) is 109 cm³/mol. The summed E-state index contributed by atoms with van der Waals surface area (Å²) in [6.07, 6.45) is 1.49. The first-order valence-electron chi connectivity index (χ1n) is 10.0. The zero-order chi connectivity index (χ0) is 23.5. The van der Waals surface area contributed by atoms with Crippen molar-refractivity contribution in [3.05, 3.63) is 35.5 Å². The molecule has 9 heteroatoms. The van der Waals surface area contributed by atoms with Crippen LogP contribution in [0.25, 0.3) is 0 Å². The Morgan fingerprint density at radius 1 is 1.29 bits per heavy atom. The van der Waals surface area contributed by atoms with Crippen molar-refractivity contribution in [2.45, 2.75) is 51.4 Å². The fourth-order valence-electron chi connectivity index (χ4n) is 4.65. The van der Waals surface area contributed by atoms with Gasteiger partial charge in [-0.15, -0.1) is 0 Å². The summed E-state index contributed by atoms with van der Waals surface area (Å²) in [4.78, 5) is 35.7. The van der Waals surface area contributed by atoms with E-state index in [4.69, 9.17) is 14.6 Å². The third-order valence-corrected chi connectivity index (χ3v) is 6.14. The highest BCUT2D eigenvalue weighted by Gasteiger charge is 2.54. The molecule has 0 radical (unpaired) electrons. The van der Waals surface area contributed by atoms with E-state index in [1.165, 1.54) is 6.92 Å². The van der Waals surface area contributed by atoms with Gasteiger partial charge in [-0.2, -0.15) is 0 Å². The lowest BCUT2D eigenvalue weighted by atomic mass is 9.57. The normalized spacial score (nSPS) is 33.0. The van der Waals surface area contributed by atoms with Crippen molar-refractivity contribution >= 4 is 17.9 Å². The molecule has 0 heterocycles. The Labute approximate surface area is 180 Å². The van der Waals surface area contributed by atoms with Crippen molar-refractivity contribution in [3.63, 3.8) is 0 Å². The van der Waals surface area contributed by atoms with E-state index in [2.05, 4.69) is 6.58 Å². The van der Waals surface area contributed by atoms with Crippen molar-refractivity contribution in [3.8, 4) is 0 Å². The molecular weight excluding hydrogens is 408 g/mol. The van der Waals surface area contributed by atoms with E-state index < -0.39 is 66.7 Å². The molecular formula is C22H30O9. The predicted octanol–water partition coefficient (Wildman–Crippen LogP) is 0.735. The van der Waals surface area contributed by atoms with Crippen LogP contribution < -0.4 is 0 Å². The van der Waals surface area contributed by atoms with Crippen molar-refractivity contribution in [2.75, 3.05) is 13.2 Å². The van der Waals surface area contributed by atoms with E-state index in [9.17, 15) is 29.7 Å². The number of carbonyl (C=O) groups excluding carboxylic acids is 2. The first kappa shape index (κ1) is 24.8. The zero-order valence-electron chi connectivity index (χ0n) is 17.9. The van der Waals surface area contributed by atoms with Crippen molar-refractivity contribution in [1.29, 1.82) is 0 Å². The van der Waals surface area contributed by atoms with Crippen molar-refractivity contribution < 1.29 is 44.3 Å². The minimum absolute atomic E-state index is 0.0750. The van der Waals surface area contributed by atoms with Crippen LogP contribution in [0.4, 0.5) is 0 Å². The standard InChI is InChI=1S/C22H30O9/c1-11-7-15-16(8-17(11)30-13(3)25)22(4,29)9-18(19(15)12(2)20(26)27)31-21(28)14(10-24)5-6-23/h5,7,15-19,23-24,29H,2,6,8-10H2,1,3-4H3,(H,26,27)/b14-5+. The molecule has 1 saturated carbocycles. The lowest BCUT2D eigenvalue weighted by Crippen LogP contribution is -2.56. The zero-order valence-corrected chi connectivity index (χ0v) is 17.9. The van der Waals surface area contributed by atoms with Gasteiger partial charge in [-0.05, 0) is 43.8 Å². The summed E-state index contributed by atoms with van der Waals surface area (Å²) < 4.78 is 10.9. The average molecular weight is 438 g/mol. The fourth-order valence-corrected chi connectivity index (χ4v) is 4.65. The van der Waals surface area contributed by atoms with E-state index in [1.54, 1.807) is 19.9 Å². The number of aliphatic hydroxyl groups is 3. The van der Waals surface area contributed by atoms with Gasteiger partial charge < -0.3 is 29.9 Å². The number of carboxylic acids is 1. The molecule has 4 N–H and O–H groups in total. The molecule has 31 heavy (non-hydrogen) atoms. The van der Waals surface area contributed by atoms with Gasteiger partial charge >= 0.3 is 17.9 Å². The highest BCUT2D eigenvalue weighted by molar-refractivity contribution is 5.89. The van der Waals surface area contributed by atoms with Gasteiger partial charge in [0, 0.05) is 24.8 Å². The van der Waals surface area contributed by atoms with Crippen LogP contribution in [-0.2, 0) is 23.9 Å². The number of rotatable bonds is 7. The number of fused-ring (bicyclic) bond motifs is 1. The maximum Gasteiger partial charge on any atom is 0.336 e. The summed E-state index contributed by atoms with van der Waals surface area (Å²) in [5.74, 6) is -4.47. The summed E-state index contributed by atoms with van der Waals surface area (Å²) in [5.41, 5.74) is -0.997. The molecule has 0 aromatic heterocycles. The van der Waals surface area contributed by atoms with Gasteiger partial charge in [0.15, 0.2) is 0 Å². The Morgan fingerprint density at radius 3 is 2.45 bits per heavy atom. The molecule has 0 spiro atoms. The summed E-state index contributed by atoms with van der Waals surface area (Å²) in [5, 5.41) is 39.2. The number of esters is 2. The van der Waals surface area contributed by atoms with Gasteiger partial charge in [0.1, 0.15) is 12.2 Å². The molecule has 0 bridgehead atoms. The number of carbonyl (C=O) groups is 3. The lowest BCUT2D eigenvalue weighted by Gasteiger charge is -2.52. The summed E-state index contributed by atoms with van der Waals surface area (Å²) in [7, 11) is 0. The highest BCUT2D eigenvalue weighted by atomic mass is 16.5. The average Bonchev–Trinajstić information content (AvgIpc) is 2.66. The van der Waals surface area contributed by atoms with Gasteiger partial charge in [-0.1, -0.05) is 12.7 Å². The molecule has 0 saturated heterocycles. The molecule has 0 aromatic carbocycles. The Kier molecular flexibility index (Phi) is 7.80. The maximum absolute atomic E-state index is 12.5. The van der Waals surface area contributed by atoms with Crippen molar-refractivity contribution in [1.82, 2.24) is 0 Å². The minimum atomic E-state index is -1.36. The number of hydrogen-bond donors (Lipinski definition) is 4. The first-order chi connectivity index (χ1) is 14.4. The third-order valence-electron chi connectivity index (χ3n) is 6.14. The van der Waals surface area contributed by atoms with Crippen LogP contribution in [0.5, 0.6) is 0 Å². The van der Waals surface area contributed by atoms with E-state index >= 15 is 0 Å². The molecule has 1 fully saturated rings. The quantitative estimate of drug-likeness (QED) is 0.256. The topological polar surface area (TPSA) is 151 Å². The molecule has 6 atom stereocenters. The third kappa shape index (κ3) is 5.41. The fraction of sp³-hybridized carbons (Fsp3) is 0.591. The second kappa shape index (κ2) is 9.76. The summed E-state index contributed by atoms with van der Waals surface area (Å²) in [6.45, 7) is 7.15. The lowest BCUT2D eigenvalue weighted by molar-refractivity contribution is -0.172. The number of ether oxygens (including phenoxy) is 2. The molecule has 172 valence electrons. The number of hydrogen-bond acceptors (Lipinski definition) is 8. The first-order valence-corrected chi connectivity index (χ1v) is 10.0. The monoisotopic (exact) mass is 438 g/mol. The molecule has 2 aliphatic rings. The number of allylic oxidation sites excluding steroid dienone is 1. The highest BCUT2D eigenvalue weighted by Crippen LogP contribution is 2.51. The Morgan fingerprint density at radius 2 is 1.94 bits per heavy atom. The van der Waals surface area contributed by atoms with Crippen LogP contribution >= 0.6 is 0 Å². The molecule has 2 rings (SSSR count). The summed E-state index contributed by atoms with van der Waals surface area (Å²) >= 11 is 0.